The summed E-state index contributed by atoms with van der Waals surface area (Å²) >= 11 is 0. The number of nitrogens with zero attached hydrogens (tertiary/aromatic N) is 1. The second-order valence-electron chi connectivity index (χ2n) is 3.57. The van der Waals surface area contributed by atoms with Gasteiger partial charge >= 0.3 is 18.3 Å². The summed E-state index contributed by atoms with van der Waals surface area (Å²) in [5, 5.41) is 0. The number of alkyl halides is 6. The van der Waals surface area contributed by atoms with Gasteiger partial charge in [-0.25, -0.2) is 0 Å². The van der Waals surface area contributed by atoms with Crippen molar-refractivity contribution in [2.75, 3.05) is 13.1 Å². The molecule has 0 saturated carbocycles. The third kappa shape index (κ3) is 3.10. The number of piperidine rings is 1. The highest BCUT2D eigenvalue weighted by Gasteiger charge is 2.50. The average Bonchev–Trinajstić information content (AvgIpc) is 2.12. The van der Waals surface area contributed by atoms with Crippen molar-refractivity contribution in [3.63, 3.8) is 0 Å². The lowest BCUT2D eigenvalue weighted by molar-refractivity contribution is -0.199. The molecule has 1 aliphatic rings. The molecule has 1 aliphatic heterocycles. The maximum Gasteiger partial charge on any atom is 0.471 e. The SMILES string of the molecule is O=C1CN(C(=O)C(F)(F)F)CCC1C(F)(F)F. The number of rotatable bonds is 0. The molecule has 0 bridgehead atoms. The molecule has 9 heteroatoms. The van der Waals surface area contributed by atoms with Gasteiger partial charge in [0.1, 0.15) is 5.92 Å². The number of carbonyl (C=O) groups excluding carboxylic acids is 2. The molecule has 0 aromatic rings. The molecular formula is C8H7F6NO2. The van der Waals surface area contributed by atoms with Crippen molar-refractivity contribution >= 4 is 11.7 Å². The Balaban J connectivity index is 2.72. The van der Waals surface area contributed by atoms with Crippen LogP contribution in [-0.4, -0.2) is 42.0 Å². The minimum Gasteiger partial charge on any atom is -0.328 e. The zero-order chi connectivity index (χ0) is 13.4. The number of Topliss-reactive ketones (excluding diaryl/α,β-unsaturated/α-hetero) is 1. The Morgan fingerprint density at radius 3 is 2.06 bits per heavy atom. The molecule has 1 unspecified atom stereocenters. The molecule has 0 N–H and O–H groups in total. The van der Waals surface area contributed by atoms with Crippen LogP contribution in [0.5, 0.6) is 0 Å². The van der Waals surface area contributed by atoms with Gasteiger partial charge in [-0.15, -0.1) is 0 Å². The zero-order valence-corrected chi connectivity index (χ0v) is 8.23. The van der Waals surface area contributed by atoms with E-state index in [0.29, 0.717) is 0 Å². The van der Waals surface area contributed by atoms with Gasteiger partial charge in [0.25, 0.3) is 0 Å². The van der Waals surface area contributed by atoms with E-state index in [1.54, 1.807) is 0 Å². The lowest BCUT2D eigenvalue weighted by atomic mass is 9.95. The highest BCUT2D eigenvalue weighted by Crippen LogP contribution is 2.33. The van der Waals surface area contributed by atoms with Crippen LogP contribution in [0, 0.1) is 5.92 Å². The van der Waals surface area contributed by atoms with Crippen LogP contribution in [0.15, 0.2) is 0 Å². The van der Waals surface area contributed by atoms with Gasteiger partial charge in [-0.1, -0.05) is 0 Å². The number of carbonyl (C=O) groups is 2. The first-order valence-electron chi connectivity index (χ1n) is 4.49. The van der Waals surface area contributed by atoms with Crippen molar-refractivity contribution in [1.29, 1.82) is 0 Å². The van der Waals surface area contributed by atoms with E-state index >= 15 is 0 Å². The second-order valence-corrected chi connectivity index (χ2v) is 3.57. The van der Waals surface area contributed by atoms with Gasteiger partial charge in [0.05, 0.1) is 6.54 Å². The number of hydrogen-bond donors (Lipinski definition) is 0. The molecular weight excluding hydrogens is 256 g/mol. The number of ketones is 1. The average molecular weight is 263 g/mol. The molecule has 0 aromatic carbocycles. The first kappa shape index (κ1) is 13.8. The largest absolute Gasteiger partial charge is 0.471 e. The molecule has 0 aromatic heterocycles. The third-order valence-corrected chi connectivity index (χ3v) is 2.35. The van der Waals surface area contributed by atoms with Crippen LogP contribution in [-0.2, 0) is 9.59 Å². The lowest BCUT2D eigenvalue weighted by Crippen LogP contribution is -2.51. The minimum atomic E-state index is -5.18. The van der Waals surface area contributed by atoms with Crippen molar-refractivity contribution in [3.8, 4) is 0 Å². The van der Waals surface area contributed by atoms with Crippen LogP contribution in [0.2, 0.25) is 0 Å². The van der Waals surface area contributed by atoms with Gasteiger partial charge in [-0.2, -0.15) is 26.3 Å². The number of likely N-dealkylation sites (tertiary alicyclic amines) is 1. The Morgan fingerprint density at radius 1 is 1.18 bits per heavy atom. The monoisotopic (exact) mass is 263 g/mol. The normalized spacial score (nSPS) is 22.8. The zero-order valence-electron chi connectivity index (χ0n) is 8.23. The molecule has 1 heterocycles. The van der Waals surface area contributed by atoms with E-state index in [4.69, 9.17) is 0 Å². The molecule has 0 spiro atoms. The number of halogens is 6. The lowest BCUT2D eigenvalue weighted by Gasteiger charge is -2.31. The summed E-state index contributed by atoms with van der Waals surface area (Å²) in [4.78, 5) is 21.8. The van der Waals surface area contributed by atoms with E-state index in [1.165, 1.54) is 0 Å². The van der Waals surface area contributed by atoms with Crippen molar-refractivity contribution in [3.05, 3.63) is 0 Å². The van der Waals surface area contributed by atoms with Gasteiger partial charge in [0.15, 0.2) is 5.78 Å². The summed E-state index contributed by atoms with van der Waals surface area (Å²) < 4.78 is 72.5. The molecule has 17 heavy (non-hydrogen) atoms. The quantitative estimate of drug-likeness (QED) is 0.621. The van der Waals surface area contributed by atoms with E-state index in [9.17, 15) is 35.9 Å². The molecule has 1 rings (SSSR count). The Bertz CT molecular complexity index is 334. The second kappa shape index (κ2) is 4.19. The Kier molecular flexibility index (Phi) is 3.40. The smallest absolute Gasteiger partial charge is 0.328 e. The summed E-state index contributed by atoms with van der Waals surface area (Å²) in [6.07, 6.45) is -10.8. The summed E-state index contributed by atoms with van der Waals surface area (Å²) in [5.41, 5.74) is 0. The van der Waals surface area contributed by atoms with Gasteiger partial charge in [-0.05, 0) is 6.42 Å². The van der Waals surface area contributed by atoms with Crippen molar-refractivity contribution in [1.82, 2.24) is 4.90 Å². The standard InChI is InChI=1S/C8H7F6NO2/c9-7(10,11)4-1-2-15(3-5(4)16)6(17)8(12,13)14/h4H,1-3H2. The van der Waals surface area contributed by atoms with Crippen LogP contribution < -0.4 is 0 Å². The predicted octanol–water partition coefficient (Wildman–Crippen LogP) is 1.53. The Labute approximate surface area is 91.4 Å². The maximum atomic E-state index is 12.2. The summed E-state index contributed by atoms with van der Waals surface area (Å²) in [6, 6.07) is 0. The Hall–Kier alpha value is -1.28. The molecule has 98 valence electrons. The number of hydrogen-bond acceptors (Lipinski definition) is 2. The van der Waals surface area contributed by atoms with Crippen molar-refractivity contribution < 1.29 is 35.9 Å². The molecule has 0 radical (unpaired) electrons. The first-order chi connectivity index (χ1) is 7.53. The molecule has 1 amide bonds. The molecule has 0 aliphatic carbocycles. The highest BCUT2D eigenvalue weighted by molar-refractivity contribution is 5.91. The summed E-state index contributed by atoms with van der Waals surface area (Å²) in [6.45, 7) is -1.88. The summed E-state index contributed by atoms with van der Waals surface area (Å²) in [7, 11) is 0. The fourth-order valence-electron chi connectivity index (χ4n) is 1.52. The van der Waals surface area contributed by atoms with Gasteiger partial charge in [-0.3, -0.25) is 9.59 Å². The van der Waals surface area contributed by atoms with Crippen molar-refractivity contribution in [2.45, 2.75) is 18.8 Å². The number of amides is 1. The van der Waals surface area contributed by atoms with Crippen LogP contribution in [0.25, 0.3) is 0 Å². The summed E-state index contributed by atoms with van der Waals surface area (Å²) in [5.74, 6) is -5.98. The molecule has 1 saturated heterocycles. The van der Waals surface area contributed by atoms with E-state index in [2.05, 4.69) is 0 Å². The van der Waals surface area contributed by atoms with Crippen LogP contribution >= 0.6 is 0 Å². The topological polar surface area (TPSA) is 37.4 Å². The first-order valence-corrected chi connectivity index (χ1v) is 4.49. The highest BCUT2D eigenvalue weighted by atomic mass is 19.4. The minimum absolute atomic E-state index is 0.0879. The van der Waals surface area contributed by atoms with Crippen LogP contribution in [0.3, 0.4) is 0 Å². The van der Waals surface area contributed by atoms with Crippen molar-refractivity contribution in [2.24, 2.45) is 5.92 Å². The van der Waals surface area contributed by atoms with Crippen LogP contribution in [0.1, 0.15) is 6.42 Å². The molecule has 1 fully saturated rings. The fourth-order valence-corrected chi connectivity index (χ4v) is 1.52. The Morgan fingerprint density at radius 2 is 1.71 bits per heavy atom. The van der Waals surface area contributed by atoms with E-state index < -0.39 is 49.5 Å². The predicted molar refractivity (Wildman–Crippen MR) is 41.8 cm³/mol. The van der Waals surface area contributed by atoms with E-state index in [1.807, 2.05) is 0 Å². The van der Waals surface area contributed by atoms with Gasteiger partial charge in [0, 0.05) is 6.54 Å². The van der Waals surface area contributed by atoms with Gasteiger partial charge in [0.2, 0.25) is 0 Å². The van der Waals surface area contributed by atoms with Gasteiger partial charge < -0.3 is 4.90 Å². The van der Waals surface area contributed by atoms with E-state index in [-0.39, 0.29) is 4.90 Å². The third-order valence-electron chi connectivity index (χ3n) is 2.35. The van der Waals surface area contributed by atoms with E-state index in [0.717, 1.165) is 0 Å². The fraction of sp³-hybridized carbons (Fsp3) is 0.750. The van der Waals surface area contributed by atoms with Crippen LogP contribution in [0.4, 0.5) is 26.3 Å². The maximum absolute atomic E-state index is 12.2. The molecule has 1 atom stereocenters. The molecule has 3 nitrogen and oxygen atoms in total.